The molecule has 3 nitrogen and oxygen atoms in total. The van der Waals surface area contributed by atoms with Crippen molar-refractivity contribution in [1.29, 1.82) is 0 Å². The van der Waals surface area contributed by atoms with E-state index in [4.69, 9.17) is 4.74 Å². The number of hydrogen-bond acceptors (Lipinski definition) is 4. The second kappa shape index (κ2) is 5.43. The summed E-state index contributed by atoms with van der Waals surface area (Å²) in [6.45, 7) is 2.00. The van der Waals surface area contributed by atoms with Gasteiger partial charge in [0, 0.05) is 17.5 Å². The Morgan fingerprint density at radius 2 is 2.44 bits per heavy atom. The maximum atomic E-state index is 5.31. The van der Waals surface area contributed by atoms with Crippen LogP contribution in [0, 0.1) is 6.92 Å². The number of pyridine rings is 1. The number of aryl methyl sites for hydroxylation is 1. The third-order valence-corrected chi connectivity index (χ3v) is 3.96. The fraction of sp³-hybridized carbons (Fsp3) is 0.583. The molecule has 1 aromatic heterocycles. The third-order valence-electron chi connectivity index (χ3n) is 2.74. The highest BCUT2D eigenvalue weighted by molar-refractivity contribution is 7.99. The van der Waals surface area contributed by atoms with Crippen LogP contribution >= 0.6 is 11.8 Å². The van der Waals surface area contributed by atoms with E-state index in [1.165, 1.54) is 24.3 Å². The summed E-state index contributed by atoms with van der Waals surface area (Å²) in [7, 11) is 1.69. The van der Waals surface area contributed by atoms with Crippen LogP contribution in [0.5, 0.6) is 5.75 Å². The maximum absolute atomic E-state index is 5.31. The lowest BCUT2D eigenvalue weighted by molar-refractivity contribution is 0.414. The molecule has 1 fully saturated rings. The second-order valence-electron chi connectivity index (χ2n) is 4.08. The van der Waals surface area contributed by atoms with Gasteiger partial charge in [-0.1, -0.05) is 0 Å². The summed E-state index contributed by atoms with van der Waals surface area (Å²) in [6, 6.07) is 2.62. The topological polar surface area (TPSA) is 34.1 Å². The molecule has 1 atom stereocenters. The van der Waals surface area contributed by atoms with E-state index in [1.807, 2.05) is 18.7 Å². The monoisotopic (exact) mass is 238 g/mol. The molecule has 0 aliphatic carbocycles. The van der Waals surface area contributed by atoms with Crippen LogP contribution in [-0.4, -0.2) is 29.6 Å². The van der Waals surface area contributed by atoms with Crippen molar-refractivity contribution in [3.63, 3.8) is 0 Å². The maximum Gasteiger partial charge on any atom is 0.160 e. The summed E-state index contributed by atoms with van der Waals surface area (Å²) in [5.74, 6) is 3.32. The van der Waals surface area contributed by atoms with E-state index >= 15 is 0 Å². The average molecular weight is 238 g/mol. The lowest BCUT2D eigenvalue weighted by Gasteiger charge is -2.24. The quantitative estimate of drug-likeness (QED) is 0.878. The molecule has 1 aliphatic rings. The predicted molar refractivity (Wildman–Crippen MR) is 69.5 cm³/mol. The van der Waals surface area contributed by atoms with E-state index in [9.17, 15) is 0 Å². The van der Waals surface area contributed by atoms with Gasteiger partial charge in [-0.2, -0.15) is 11.8 Å². The molecular weight excluding hydrogens is 220 g/mol. The number of thioether (sulfide) groups is 1. The van der Waals surface area contributed by atoms with E-state index in [-0.39, 0.29) is 0 Å². The first-order valence-electron chi connectivity index (χ1n) is 5.64. The zero-order valence-corrected chi connectivity index (χ0v) is 10.6. The highest BCUT2D eigenvalue weighted by atomic mass is 32.2. The number of nitrogens with one attached hydrogen (secondary N) is 1. The molecule has 2 rings (SSSR count). The molecule has 1 unspecified atom stereocenters. The normalized spacial score (nSPS) is 20.5. The molecule has 1 N–H and O–H groups in total. The highest BCUT2D eigenvalue weighted by Gasteiger charge is 2.15. The summed E-state index contributed by atoms with van der Waals surface area (Å²) in [4.78, 5) is 4.23. The van der Waals surface area contributed by atoms with Gasteiger partial charge in [0.05, 0.1) is 19.0 Å². The molecule has 1 aliphatic heterocycles. The van der Waals surface area contributed by atoms with E-state index in [1.54, 1.807) is 13.3 Å². The summed E-state index contributed by atoms with van der Waals surface area (Å²) in [5, 5.41) is 3.56. The Hall–Kier alpha value is -0.900. The van der Waals surface area contributed by atoms with Crippen molar-refractivity contribution >= 4 is 17.4 Å². The Balaban J connectivity index is 2.09. The molecule has 0 saturated carbocycles. The minimum absolute atomic E-state index is 0.564. The molecule has 2 heterocycles. The van der Waals surface area contributed by atoms with Crippen molar-refractivity contribution in [2.45, 2.75) is 25.8 Å². The lowest BCUT2D eigenvalue weighted by Crippen LogP contribution is -2.26. The predicted octanol–water partition coefficient (Wildman–Crippen LogP) is 2.71. The largest absolute Gasteiger partial charge is 0.493 e. The molecule has 0 radical (unpaired) electrons. The minimum atomic E-state index is 0.564. The number of nitrogens with zero attached hydrogens (tertiary/aromatic N) is 1. The van der Waals surface area contributed by atoms with Gasteiger partial charge in [0.1, 0.15) is 0 Å². The SMILES string of the molecule is COc1cnc(C)cc1NC1CCCSC1. The molecule has 0 bridgehead atoms. The van der Waals surface area contributed by atoms with Crippen molar-refractivity contribution in [3.05, 3.63) is 18.0 Å². The van der Waals surface area contributed by atoms with Crippen molar-refractivity contribution < 1.29 is 4.74 Å². The number of rotatable bonds is 3. The average Bonchev–Trinajstić information content (AvgIpc) is 2.31. The van der Waals surface area contributed by atoms with Crippen LogP contribution in [0.1, 0.15) is 18.5 Å². The van der Waals surface area contributed by atoms with Crippen LogP contribution in [0.3, 0.4) is 0 Å². The van der Waals surface area contributed by atoms with E-state index in [0.29, 0.717) is 6.04 Å². The Morgan fingerprint density at radius 1 is 1.56 bits per heavy atom. The van der Waals surface area contributed by atoms with E-state index < -0.39 is 0 Å². The summed E-state index contributed by atoms with van der Waals surface area (Å²) >= 11 is 2.02. The van der Waals surface area contributed by atoms with Gasteiger partial charge in [-0.05, 0) is 31.6 Å². The second-order valence-corrected chi connectivity index (χ2v) is 5.23. The van der Waals surface area contributed by atoms with Crippen LogP contribution < -0.4 is 10.1 Å². The lowest BCUT2D eigenvalue weighted by atomic mass is 10.1. The molecule has 88 valence electrons. The van der Waals surface area contributed by atoms with Crippen LogP contribution in [0.15, 0.2) is 12.3 Å². The Labute approximate surface area is 101 Å². The van der Waals surface area contributed by atoms with Crippen molar-refractivity contribution in [1.82, 2.24) is 4.98 Å². The van der Waals surface area contributed by atoms with Crippen LogP contribution in [-0.2, 0) is 0 Å². The molecule has 16 heavy (non-hydrogen) atoms. The van der Waals surface area contributed by atoms with Crippen molar-refractivity contribution in [2.75, 3.05) is 23.9 Å². The van der Waals surface area contributed by atoms with Gasteiger partial charge in [-0.25, -0.2) is 0 Å². The number of anilines is 1. The fourth-order valence-electron chi connectivity index (χ4n) is 1.90. The smallest absolute Gasteiger partial charge is 0.160 e. The van der Waals surface area contributed by atoms with Crippen LogP contribution in [0.2, 0.25) is 0 Å². The Kier molecular flexibility index (Phi) is 3.93. The van der Waals surface area contributed by atoms with Gasteiger partial charge in [0.15, 0.2) is 5.75 Å². The summed E-state index contributed by atoms with van der Waals surface area (Å²) in [5.41, 5.74) is 2.09. The molecular formula is C12H18N2OS. The minimum Gasteiger partial charge on any atom is -0.493 e. The molecule has 0 amide bonds. The standard InChI is InChI=1S/C12H18N2OS/c1-9-6-11(12(15-2)7-13-9)14-10-4-3-5-16-8-10/h6-7,10H,3-5,8H2,1-2H3,(H,13,14). The Morgan fingerprint density at radius 3 is 3.12 bits per heavy atom. The first-order chi connectivity index (χ1) is 7.79. The third kappa shape index (κ3) is 2.82. The molecule has 1 saturated heterocycles. The molecule has 4 heteroatoms. The van der Waals surface area contributed by atoms with Gasteiger partial charge in [-0.15, -0.1) is 0 Å². The number of ether oxygens (including phenoxy) is 1. The first-order valence-corrected chi connectivity index (χ1v) is 6.80. The molecule has 1 aromatic rings. The number of hydrogen-bond donors (Lipinski definition) is 1. The zero-order chi connectivity index (χ0) is 11.4. The van der Waals surface area contributed by atoms with Gasteiger partial charge < -0.3 is 10.1 Å². The van der Waals surface area contributed by atoms with Crippen LogP contribution in [0.4, 0.5) is 5.69 Å². The first kappa shape index (κ1) is 11.6. The van der Waals surface area contributed by atoms with Crippen molar-refractivity contribution in [2.24, 2.45) is 0 Å². The molecule has 0 spiro atoms. The van der Waals surface area contributed by atoms with Gasteiger partial charge in [0.25, 0.3) is 0 Å². The zero-order valence-electron chi connectivity index (χ0n) is 9.82. The van der Waals surface area contributed by atoms with Gasteiger partial charge >= 0.3 is 0 Å². The van der Waals surface area contributed by atoms with Crippen molar-refractivity contribution in [3.8, 4) is 5.75 Å². The number of aromatic nitrogens is 1. The summed E-state index contributed by atoms with van der Waals surface area (Å²) < 4.78 is 5.31. The fourth-order valence-corrected chi connectivity index (χ4v) is 2.97. The number of methoxy groups -OCH3 is 1. The van der Waals surface area contributed by atoms with E-state index in [0.717, 1.165) is 17.1 Å². The summed E-state index contributed by atoms with van der Waals surface area (Å²) in [6.07, 6.45) is 4.33. The van der Waals surface area contributed by atoms with Crippen LogP contribution in [0.25, 0.3) is 0 Å². The van der Waals surface area contributed by atoms with E-state index in [2.05, 4.69) is 16.4 Å². The highest BCUT2D eigenvalue weighted by Crippen LogP contribution is 2.27. The van der Waals surface area contributed by atoms with Gasteiger partial charge in [0.2, 0.25) is 0 Å². The van der Waals surface area contributed by atoms with Gasteiger partial charge in [-0.3, -0.25) is 4.98 Å². The Bertz CT molecular complexity index is 351. The molecule has 0 aromatic carbocycles.